The molecule has 0 aliphatic carbocycles. The third-order valence-electron chi connectivity index (χ3n) is 5.10. The summed E-state index contributed by atoms with van der Waals surface area (Å²) < 4.78 is 37.6. The smallest absolute Gasteiger partial charge is 0.355 e. The summed E-state index contributed by atoms with van der Waals surface area (Å²) >= 11 is 0. The van der Waals surface area contributed by atoms with Crippen LogP contribution in [0.2, 0.25) is 0 Å². The fourth-order valence-corrected chi connectivity index (χ4v) is 2.95. The topological polar surface area (TPSA) is 87.3 Å². The first-order valence-corrected chi connectivity index (χ1v) is 11.1. The van der Waals surface area contributed by atoms with Gasteiger partial charge >= 0.3 is 12.1 Å². The number of nitrogens with zero attached hydrogens (tertiary/aromatic N) is 1. The number of amides is 3. The Morgan fingerprint density at radius 2 is 0.906 bits per heavy atom. The second-order valence-corrected chi connectivity index (χ2v) is 10.6. The van der Waals surface area contributed by atoms with Crippen LogP contribution in [0.15, 0.2) is 0 Å². The standard InChI is InChI=1S/C22H41F3N4O3/c1-20(2,3)17(30)26-11-8-14-29(7,15-9-12-27-18(31)21(4,5)6)16-10-13-28-19(32)22(23,24)25/h8-16H2,1-7H3,(H2-,26,27,28,30,31,32)/p+1. The Morgan fingerprint density at radius 1 is 0.625 bits per heavy atom. The zero-order chi connectivity index (χ0) is 25.2. The van der Waals surface area contributed by atoms with E-state index in [1.54, 1.807) is 0 Å². The summed E-state index contributed by atoms with van der Waals surface area (Å²) in [5.41, 5.74) is -0.944. The van der Waals surface area contributed by atoms with Crippen molar-refractivity contribution in [2.75, 3.05) is 46.3 Å². The van der Waals surface area contributed by atoms with E-state index in [9.17, 15) is 27.6 Å². The zero-order valence-electron chi connectivity index (χ0n) is 20.7. The number of hydrogen-bond donors (Lipinski definition) is 3. The van der Waals surface area contributed by atoms with Crippen molar-refractivity contribution in [2.24, 2.45) is 10.8 Å². The molecule has 0 heterocycles. The second kappa shape index (κ2) is 12.4. The number of carbonyl (C=O) groups is 3. The van der Waals surface area contributed by atoms with Crippen LogP contribution in [-0.2, 0) is 14.4 Å². The lowest BCUT2D eigenvalue weighted by molar-refractivity contribution is -0.909. The van der Waals surface area contributed by atoms with Gasteiger partial charge in [-0.15, -0.1) is 0 Å². The lowest BCUT2D eigenvalue weighted by Gasteiger charge is -2.35. The monoisotopic (exact) mass is 467 g/mol. The number of carbonyl (C=O) groups excluding carboxylic acids is 3. The van der Waals surface area contributed by atoms with Gasteiger partial charge in [-0.1, -0.05) is 41.5 Å². The minimum Gasteiger partial charge on any atom is -0.355 e. The van der Waals surface area contributed by atoms with E-state index in [0.29, 0.717) is 56.5 Å². The van der Waals surface area contributed by atoms with E-state index in [4.69, 9.17) is 0 Å². The van der Waals surface area contributed by atoms with Gasteiger partial charge in [-0.05, 0) is 0 Å². The molecule has 0 atom stereocenters. The van der Waals surface area contributed by atoms with Crippen LogP contribution >= 0.6 is 0 Å². The molecule has 0 fully saturated rings. The van der Waals surface area contributed by atoms with Gasteiger partial charge in [0.2, 0.25) is 11.8 Å². The van der Waals surface area contributed by atoms with Gasteiger partial charge in [-0.3, -0.25) is 14.4 Å². The highest BCUT2D eigenvalue weighted by Gasteiger charge is 2.38. The van der Waals surface area contributed by atoms with E-state index < -0.39 is 22.9 Å². The highest BCUT2D eigenvalue weighted by Crippen LogP contribution is 2.15. The molecule has 0 aromatic heterocycles. The average molecular weight is 468 g/mol. The van der Waals surface area contributed by atoms with Gasteiger partial charge in [0.15, 0.2) is 0 Å². The lowest BCUT2D eigenvalue weighted by atomic mass is 9.96. The van der Waals surface area contributed by atoms with Gasteiger partial charge in [0.05, 0.1) is 26.7 Å². The predicted molar refractivity (Wildman–Crippen MR) is 119 cm³/mol. The quantitative estimate of drug-likeness (QED) is 0.305. The third kappa shape index (κ3) is 12.9. The highest BCUT2D eigenvalue weighted by atomic mass is 19.4. The van der Waals surface area contributed by atoms with Crippen LogP contribution in [0.4, 0.5) is 13.2 Å². The van der Waals surface area contributed by atoms with Gasteiger partial charge in [-0.2, -0.15) is 13.2 Å². The first-order chi connectivity index (χ1) is 14.4. The summed E-state index contributed by atoms with van der Waals surface area (Å²) in [5.74, 6) is -2.00. The van der Waals surface area contributed by atoms with Crippen molar-refractivity contribution in [1.29, 1.82) is 0 Å². The van der Waals surface area contributed by atoms with Crippen molar-refractivity contribution in [3.05, 3.63) is 0 Å². The first-order valence-electron chi connectivity index (χ1n) is 11.1. The molecule has 32 heavy (non-hydrogen) atoms. The fraction of sp³-hybridized carbons (Fsp3) is 0.864. The van der Waals surface area contributed by atoms with E-state index in [1.165, 1.54) is 0 Å². The zero-order valence-corrected chi connectivity index (χ0v) is 20.7. The fourth-order valence-electron chi connectivity index (χ4n) is 2.95. The number of quaternary nitrogens is 1. The molecule has 0 aromatic carbocycles. The molecular weight excluding hydrogens is 425 g/mol. The maximum Gasteiger partial charge on any atom is 0.471 e. The van der Waals surface area contributed by atoms with Crippen molar-refractivity contribution in [1.82, 2.24) is 16.0 Å². The molecule has 188 valence electrons. The molecule has 0 aliphatic rings. The first kappa shape index (κ1) is 30.2. The molecule has 0 aliphatic heterocycles. The SMILES string of the molecule is CC(C)(C)C(=O)NCCC[N+](C)(CCCNC(=O)C(C)(C)C)CCCNC(=O)C(F)(F)F. The van der Waals surface area contributed by atoms with Crippen molar-refractivity contribution >= 4 is 17.7 Å². The molecule has 0 unspecified atom stereocenters. The predicted octanol–water partition coefficient (Wildman–Crippen LogP) is 2.61. The Kier molecular flexibility index (Phi) is 11.7. The maximum absolute atomic E-state index is 12.3. The van der Waals surface area contributed by atoms with Gasteiger partial charge in [0.1, 0.15) is 0 Å². The largest absolute Gasteiger partial charge is 0.471 e. The van der Waals surface area contributed by atoms with Crippen molar-refractivity contribution in [3.8, 4) is 0 Å². The van der Waals surface area contributed by atoms with Gasteiger partial charge in [0, 0.05) is 49.7 Å². The highest BCUT2D eigenvalue weighted by molar-refractivity contribution is 5.82. The van der Waals surface area contributed by atoms with Crippen LogP contribution in [0.5, 0.6) is 0 Å². The van der Waals surface area contributed by atoms with E-state index in [1.807, 2.05) is 53.9 Å². The molecule has 3 amide bonds. The van der Waals surface area contributed by atoms with E-state index in [-0.39, 0.29) is 18.4 Å². The number of nitrogens with one attached hydrogen (secondary N) is 3. The van der Waals surface area contributed by atoms with Crippen LogP contribution in [0.25, 0.3) is 0 Å². The Morgan fingerprint density at radius 3 is 1.16 bits per heavy atom. The number of alkyl halides is 3. The van der Waals surface area contributed by atoms with Crippen LogP contribution in [0.3, 0.4) is 0 Å². The lowest BCUT2D eigenvalue weighted by Crippen LogP contribution is -2.49. The molecular formula is C22H42F3N4O3+. The number of halogens is 3. The van der Waals surface area contributed by atoms with Gasteiger partial charge in [0.25, 0.3) is 0 Å². The second-order valence-electron chi connectivity index (χ2n) is 10.6. The molecule has 0 aromatic rings. The van der Waals surface area contributed by atoms with Crippen LogP contribution in [0, 0.1) is 10.8 Å². The molecule has 0 spiro atoms. The molecule has 0 radical (unpaired) electrons. The van der Waals surface area contributed by atoms with Crippen molar-refractivity contribution in [3.63, 3.8) is 0 Å². The Balaban J connectivity index is 4.69. The van der Waals surface area contributed by atoms with Crippen molar-refractivity contribution in [2.45, 2.75) is 67.0 Å². The van der Waals surface area contributed by atoms with Crippen LogP contribution in [-0.4, -0.2) is 74.7 Å². The molecule has 7 nitrogen and oxygen atoms in total. The van der Waals surface area contributed by atoms with E-state index >= 15 is 0 Å². The summed E-state index contributed by atoms with van der Waals surface area (Å²) in [4.78, 5) is 35.0. The van der Waals surface area contributed by atoms with Gasteiger partial charge in [-0.25, -0.2) is 0 Å². The minimum atomic E-state index is -4.88. The molecule has 10 heteroatoms. The Bertz CT molecular complexity index is 540. The van der Waals surface area contributed by atoms with Crippen molar-refractivity contribution < 1.29 is 32.0 Å². The molecule has 0 saturated heterocycles. The normalized spacial score (nSPS) is 12.9. The van der Waals surface area contributed by atoms with Gasteiger partial charge < -0.3 is 20.4 Å². The summed E-state index contributed by atoms with van der Waals surface area (Å²) in [5, 5.41) is 7.71. The Hall–Kier alpha value is -1.84. The van der Waals surface area contributed by atoms with E-state index in [0.717, 1.165) is 0 Å². The van der Waals surface area contributed by atoms with Crippen LogP contribution < -0.4 is 16.0 Å². The summed E-state index contributed by atoms with van der Waals surface area (Å²) in [6.07, 6.45) is -3.07. The summed E-state index contributed by atoms with van der Waals surface area (Å²) in [7, 11) is 2.00. The maximum atomic E-state index is 12.3. The molecule has 3 N–H and O–H groups in total. The van der Waals surface area contributed by atoms with E-state index in [2.05, 4.69) is 10.6 Å². The minimum absolute atomic E-state index is 0.0357. The number of hydrogen-bond acceptors (Lipinski definition) is 3. The third-order valence-corrected chi connectivity index (χ3v) is 5.10. The molecule has 0 saturated carbocycles. The molecule has 0 bridgehead atoms. The summed E-state index contributed by atoms with van der Waals surface area (Å²) in [6.45, 7) is 14.0. The summed E-state index contributed by atoms with van der Waals surface area (Å²) in [6, 6.07) is 0. The molecule has 0 rings (SSSR count). The van der Waals surface area contributed by atoms with Crippen LogP contribution in [0.1, 0.15) is 60.8 Å². The number of rotatable bonds is 12. The Labute approximate surface area is 190 Å². The average Bonchev–Trinajstić information content (AvgIpc) is 2.63.